The Labute approximate surface area is 108 Å². The molecule has 0 aromatic carbocycles. The van der Waals surface area contributed by atoms with Crippen molar-refractivity contribution >= 4 is 6.41 Å². The third-order valence-electron chi connectivity index (χ3n) is 5.99. The second-order valence-corrected chi connectivity index (χ2v) is 6.51. The topological polar surface area (TPSA) is 41.1 Å². The van der Waals surface area contributed by atoms with Gasteiger partial charge in [-0.25, -0.2) is 0 Å². The quantitative estimate of drug-likeness (QED) is 0.571. The average molecular weight is 244 g/mol. The monoisotopic (exact) mass is 244 g/mol. The van der Waals surface area contributed by atoms with Crippen molar-refractivity contribution in [2.45, 2.75) is 44.2 Å². The van der Waals surface area contributed by atoms with Crippen molar-refractivity contribution < 1.29 is 4.79 Å². The van der Waals surface area contributed by atoms with Crippen LogP contribution in [0.3, 0.4) is 0 Å². The van der Waals surface area contributed by atoms with Crippen LogP contribution in [0.5, 0.6) is 0 Å². The molecule has 18 heavy (non-hydrogen) atoms. The van der Waals surface area contributed by atoms with Gasteiger partial charge in [-0.05, 0) is 37.8 Å². The molecule has 2 unspecified atom stereocenters. The van der Waals surface area contributed by atoms with E-state index in [0.29, 0.717) is 6.04 Å². The van der Waals surface area contributed by atoms with E-state index in [1.165, 1.54) is 12.8 Å². The largest absolute Gasteiger partial charge is 0.349 e. The zero-order chi connectivity index (χ0) is 12.4. The number of carbonyl (C=O) groups is 1. The molecule has 1 aliphatic heterocycles. The second kappa shape index (κ2) is 3.08. The summed E-state index contributed by atoms with van der Waals surface area (Å²) in [5.74, 6) is 0. The van der Waals surface area contributed by atoms with Crippen LogP contribution in [-0.4, -0.2) is 24.5 Å². The predicted molar refractivity (Wildman–Crippen MR) is 70.0 cm³/mol. The van der Waals surface area contributed by atoms with Crippen LogP contribution in [-0.2, 0) is 4.79 Å². The fourth-order valence-electron chi connectivity index (χ4n) is 5.09. The lowest BCUT2D eigenvalue weighted by molar-refractivity contribution is -0.110. The Kier molecular flexibility index (Phi) is 1.85. The van der Waals surface area contributed by atoms with Crippen LogP contribution < -0.4 is 10.6 Å². The van der Waals surface area contributed by atoms with E-state index >= 15 is 0 Å². The highest BCUT2D eigenvalue weighted by molar-refractivity contribution is 5.62. The first-order chi connectivity index (χ1) is 8.70. The summed E-state index contributed by atoms with van der Waals surface area (Å²) in [6, 6.07) is 0.488. The zero-order valence-electron chi connectivity index (χ0n) is 10.8. The van der Waals surface area contributed by atoms with E-state index in [-0.39, 0.29) is 16.4 Å². The zero-order valence-corrected chi connectivity index (χ0v) is 10.8. The van der Waals surface area contributed by atoms with E-state index in [1.807, 2.05) is 0 Å². The Morgan fingerprint density at radius 1 is 1.56 bits per heavy atom. The number of fused-ring (bicyclic) bond motifs is 2. The maximum absolute atomic E-state index is 10.9. The highest BCUT2D eigenvalue weighted by atomic mass is 16.1. The van der Waals surface area contributed by atoms with Crippen LogP contribution in [0, 0.1) is 10.8 Å². The highest BCUT2D eigenvalue weighted by Crippen LogP contribution is 2.81. The van der Waals surface area contributed by atoms with Crippen molar-refractivity contribution in [3.63, 3.8) is 0 Å². The SMILES string of the molecule is C[C@]12CC=C[C@@]3(NC=O)CC31C1NCCCC=C12. The molecule has 3 heteroatoms. The molecule has 4 aliphatic rings. The summed E-state index contributed by atoms with van der Waals surface area (Å²) in [5, 5.41) is 6.81. The van der Waals surface area contributed by atoms with Crippen molar-refractivity contribution in [3.8, 4) is 0 Å². The lowest BCUT2D eigenvalue weighted by Gasteiger charge is -2.60. The van der Waals surface area contributed by atoms with E-state index in [1.54, 1.807) is 5.57 Å². The Hall–Kier alpha value is -1.09. The molecule has 1 amide bonds. The first kappa shape index (κ1) is 10.8. The van der Waals surface area contributed by atoms with Gasteiger partial charge in [-0.2, -0.15) is 0 Å². The molecule has 0 aromatic rings. The summed E-state index contributed by atoms with van der Waals surface area (Å²) in [5.41, 5.74) is 2.03. The van der Waals surface area contributed by atoms with Crippen LogP contribution in [0.2, 0.25) is 0 Å². The number of carbonyl (C=O) groups excluding carboxylic acids is 1. The van der Waals surface area contributed by atoms with Gasteiger partial charge in [0.05, 0.1) is 5.54 Å². The Bertz CT molecular complexity index is 483. The number of amides is 1. The smallest absolute Gasteiger partial charge is 0.207 e. The van der Waals surface area contributed by atoms with Gasteiger partial charge in [0.2, 0.25) is 6.41 Å². The molecule has 4 rings (SSSR count). The molecule has 1 heterocycles. The Morgan fingerprint density at radius 2 is 2.44 bits per heavy atom. The third kappa shape index (κ3) is 0.891. The number of hydrogen-bond acceptors (Lipinski definition) is 2. The van der Waals surface area contributed by atoms with Crippen molar-refractivity contribution in [2.24, 2.45) is 10.8 Å². The summed E-state index contributed by atoms with van der Waals surface area (Å²) in [6.45, 7) is 3.49. The number of rotatable bonds is 2. The van der Waals surface area contributed by atoms with E-state index in [4.69, 9.17) is 0 Å². The number of hydrogen-bond donors (Lipinski definition) is 2. The van der Waals surface area contributed by atoms with E-state index in [2.05, 4.69) is 35.8 Å². The van der Waals surface area contributed by atoms with Crippen LogP contribution in [0.25, 0.3) is 0 Å². The molecule has 4 atom stereocenters. The summed E-state index contributed by atoms with van der Waals surface area (Å²) in [7, 11) is 0. The lowest BCUT2D eigenvalue weighted by Crippen LogP contribution is -2.66. The van der Waals surface area contributed by atoms with Gasteiger partial charge in [-0.1, -0.05) is 25.2 Å². The predicted octanol–water partition coefficient (Wildman–Crippen LogP) is 1.52. The van der Waals surface area contributed by atoms with Crippen LogP contribution in [0.15, 0.2) is 23.8 Å². The summed E-state index contributed by atoms with van der Waals surface area (Å²) >= 11 is 0. The molecular weight excluding hydrogens is 224 g/mol. The van der Waals surface area contributed by atoms with Gasteiger partial charge < -0.3 is 10.6 Å². The van der Waals surface area contributed by atoms with E-state index in [9.17, 15) is 4.79 Å². The Balaban J connectivity index is 1.80. The standard InChI is InChI=1S/C15H20N2O/c1-13-6-4-7-14(17-10-18)9-15(13,14)12-11(13)5-2-3-8-16-12/h4-5,7,10,12,16H,2-3,6,8-9H2,1H3,(H,17,18)/t12?,13-,14-,15?/m1/s1. The minimum atomic E-state index is -0.0684. The van der Waals surface area contributed by atoms with E-state index in [0.717, 1.165) is 25.8 Å². The Morgan fingerprint density at radius 3 is 3.28 bits per heavy atom. The van der Waals surface area contributed by atoms with Crippen molar-refractivity contribution in [1.82, 2.24) is 10.6 Å². The minimum absolute atomic E-state index is 0.0684. The first-order valence-electron chi connectivity index (χ1n) is 7.03. The minimum Gasteiger partial charge on any atom is -0.349 e. The summed E-state index contributed by atoms with van der Waals surface area (Å²) in [6.07, 6.45) is 12.5. The molecule has 1 spiro atoms. The van der Waals surface area contributed by atoms with E-state index < -0.39 is 0 Å². The summed E-state index contributed by atoms with van der Waals surface area (Å²) in [4.78, 5) is 10.9. The molecule has 96 valence electrons. The molecule has 2 fully saturated rings. The van der Waals surface area contributed by atoms with Gasteiger partial charge >= 0.3 is 0 Å². The third-order valence-corrected chi connectivity index (χ3v) is 5.99. The maximum Gasteiger partial charge on any atom is 0.207 e. The number of allylic oxidation sites excluding steroid dienone is 2. The fraction of sp³-hybridized carbons (Fsp3) is 0.667. The van der Waals surface area contributed by atoms with Gasteiger partial charge in [-0.3, -0.25) is 4.79 Å². The van der Waals surface area contributed by atoms with Crippen LogP contribution >= 0.6 is 0 Å². The molecule has 0 aromatic heterocycles. The highest BCUT2D eigenvalue weighted by Gasteiger charge is 2.84. The first-order valence-corrected chi connectivity index (χ1v) is 7.03. The molecule has 3 nitrogen and oxygen atoms in total. The molecule has 2 saturated carbocycles. The second-order valence-electron chi connectivity index (χ2n) is 6.51. The van der Waals surface area contributed by atoms with Gasteiger partial charge in [0.1, 0.15) is 0 Å². The van der Waals surface area contributed by atoms with Crippen LogP contribution in [0.4, 0.5) is 0 Å². The van der Waals surface area contributed by atoms with Crippen LogP contribution in [0.1, 0.15) is 32.6 Å². The van der Waals surface area contributed by atoms with Gasteiger partial charge in [0.15, 0.2) is 0 Å². The van der Waals surface area contributed by atoms with Crippen molar-refractivity contribution in [1.29, 1.82) is 0 Å². The normalized spacial score (nSPS) is 51.8. The molecule has 0 saturated heterocycles. The van der Waals surface area contributed by atoms with Gasteiger partial charge in [0.25, 0.3) is 0 Å². The fourth-order valence-corrected chi connectivity index (χ4v) is 5.09. The summed E-state index contributed by atoms with van der Waals surface area (Å²) < 4.78 is 0. The molecule has 2 N–H and O–H groups in total. The number of nitrogens with one attached hydrogen (secondary N) is 2. The van der Waals surface area contributed by atoms with Crippen molar-refractivity contribution in [2.75, 3.05) is 6.54 Å². The molecule has 0 radical (unpaired) electrons. The average Bonchev–Trinajstić information content (AvgIpc) is 3.06. The molecule has 3 aliphatic carbocycles. The van der Waals surface area contributed by atoms with Gasteiger partial charge in [0, 0.05) is 16.9 Å². The van der Waals surface area contributed by atoms with Gasteiger partial charge in [-0.15, -0.1) is 0 Å². The van der Waals surface area contributed by atoms with Crippen molar-refractivity contribution in [3.05, 3.63) is 23.8 Å². The lowest BCUT2D eigenvalue weighted by atomic mass is 9.47. The molecule has 0 bridgehead atoms. The maximum atomic E-state index is 10.9. The molecular formula is C15H20N2O.